The van der Waals surface area contributed by atoms with Gasteiger partial charge in [0, 0.05) is 24.0 Å². The molecule has 2 nitrogen and oxygen atoms in total. The van der Waals surface area contributed by atoms with E-state index in [9.17, 15) is 0 Å². The van der Waals surface area contributed by atoms with Crippen LogP contribution in [0.15, 0.2) is 67.1 Å². The van der Waals surface area contributed by atoms with Gasteiger partial charge in [0.1, 0.15) is 8.42 Å². The molecule has 0 unspecified atom stereocenters. The van der Waals surface area contributed by atoms with Gasteiger partial charge < -0.3 is 0 Å². The van der Waals surface area contributed by atoms with Gasteiger partial charge in [-0.05, 0) is 67.1 Å². The molecule has 0 N–H and O–H groups in total. The van der Waals surface area contributed by atoms with Crippen LogP contribution in [0.2, 0.25) is 0 Å². The number of rotatable bonds is 2. The number of aromatic nitrogens is 2. The average Bonchev–Trinajstić information content (AvgIpc) is 2.66. The Bertz CT molecular complexity index is 1160. The highest BCUT2D eigenvalue weighted by molar-refractivity contribution is 5.96. The molecule has 0 aliphatic heterocycles. The van der Waals surface area contributed by atoms with Crippen LogP contribution in [0.4, 0.5) is 0 Å². The SMILES string of the molecule is [2H]c1cc2cc(-c3cccnc3)ccc2c(-c2cc(C)cc(C)c2C)[n+]1C. The molecule has 0 atom stereocenters. The Kier molecular flexibility index (Phi) is 3.75. The molecule has 0 bridgehead atoms. The summed E-state index contributed by atoms with van der Waals surface area (Å²) in [6, 6.07) is 16.9. The summed E-state index contributed by atoms with van der Waals surface area (Å²) in [4.78, 5) is 4.23. The number of hydrogen-bond acceptors (Lipinski definition) is 1. The van der Waals surface area contributed by atoms with E-state index in [1.54, 1.807) is 6.20 Å². The van der Waals surface area contributed by atoms with Crippen molar-refractivity contribution in [3.8, 4) is 22.4 Å². The molecule has 0 aliphatic carbocycles. The van der Waals surface area contributed by atoms with Crippen molar-refractivity contribution in [3.63, 3.8) is 0 Å². The summed E-state index contributed by atoms with van der Waals surface area (Å²) in [6.45, 7) is 6.44. The van der Waals surface area contributed by atoms with Gasteiger partial charge in [-0.1, -0.05) is 23.8 Å². The van der Waals surface area contributed by atoms with Crippen molar-refractivity contribution in [3.05, 3.63) is 83.8 Å². The summed E-state index contributed by atoms with van der Waals surface area (Å²) < 4.78 is 10.5. The maximum Gasteiger partial charge on any atom is 0.220 e. The molecule has 128 valence electrons. The summed E-state index contributed by atoms with van der Waals surface area (Å²) in [5, 5.41) is 2.24. The summed E-state index contributed by atoms with van der Waals surface area (Å²) in [5.74, 6) is 0. The smallest absolute Gasteiger partial charge is 0.220 e. The molecule has 0 fully saturated rings. The van der Waals surface area contributed by atoms with Gasteiger partial charge in [0.25, 0.3) is 0 Å². The fourth-order valence-corrected chi connectivity index (χ4v) is 3.63. The van der Waals surface area contributed by atoms with Crippen molar-refractivity contribution in [1.29, 1.82) is 0 Å². The zero-order valence-electron chi connectivity index (χ0n) is 16.7. The van der Waals surface area contributed by atoms with Gasteiger partial charge in [0.05, 0.1) is 10.9 Å². The summed E-state index contributed by atoms with van der Waals surface area (Å²) >= 11 is 0. The largest absolute Gasteiger partial charge is 0.264 e. The Morgan fingerprint density at radius 2 is 1.81 bits per heavy atom. The number of hydrogen-bond donors (Lipinski definition) is 0. The van der Waals surface area contributed by atoms with E-state index in [1.807, 2.05) is 29.9 Å². The van der Waals surface area contributed by atoms with Gasteiger partial charge in [0.15, 0.2) is 6.17 Å². The Balaban J connectivity index is 2.03. The van der Waals surface area contributed by atoms with E-state index >= 15 is 0 Å². The van der Waals surface area contributed by atoms with Crippen molar-refractivity contribution in [2.45, 2.75) is 20.8 Å². The number of aryl methyl sites for hydroxylation is 2. The number of pyridine rings is 2. The van der Waals surface area contributed by atoms with Crippen LogP contribution in [-0.4, -0.2) is 4.98 Å². The molecule has 2 heterocycles. The van der Waals surface area contributed by atoms with Crippen LogP contribution in [-0.2, 0) is 7.05 Å². The zero-order chi connectivity index (χ0) is 19.1. The first-order valence-corrected chi connectivity index (χ1v) is 8.87. The molecule has 0 amide bonds. The molecule has 0 radical (unpaired) electrons. The van der Waals surface area contributed by atoms with Crippen molar-refractivity contribution in [2.75, 3.05) is 0 Å². The van der Waals surface area contributed by atoms with E-state index in [0.717, 1.165) is 27.6 Å². The minimum Gasteiger partial charge on any atom is -0.264 e. The van der Waals surface area contributed by atoms with Crippen LogP contribution in [0.3, 0.4) is 0 Å². The van der Waals surface area contributed by atoms with E-state index in [-0.39, 0.29) is 0 Å². The molecule has 0 saturated carbocycles. The van der Waals surface area contributed by atoms with Gasteiger partial charge in [-0.2, -0.15) is 0 Å². The lowest BCUT2D eigenvalue weighted by atomic mass is 9.93. The van der Waals surface area contributed by atoms with Gasteiger partial charge in [-0.25, -0.2) is 4.57 Å². The molecule has 2 heteroatoms. The molecule has 4 rings (SSSR count). The molecular weight excluding hydrogens is 316 g/mol. The number of fused-ring (bicyclic) bond motifs is 1. The second kappa shape index (κ2) is 6.38. The lowest BCUT2D eigenvalue weighted by Crippen LogP contribution is -2.30. The Hall–Kier alpha value is -3.00. The van der Waals surface area contributed by atoms with Crippen LogP contribution in [0.25, 0.3) is 33.2 Å². The highest BCUT2D eigenvalue weighted by Gasteiger charge is 2.18. The van der Waals surface area contributed by atoms with Crippen molar-refractivity contribution in [1.82, 2.24) is 4.98 Å². The minimum absolute atomic E-state index is 0.499. The summed E-state index contributed by atoms with van der Waals surface area (Å²) in [7, 11) is 1.98. The van der Waals surface area contributed by atoms with Gasteiger partial charge in [0.2, 0.25) is 5.69 Å². The number of benzene rings is 2. The van der Waals surface area contributed by atoms with Crippen LogP contribution in [0, 0.1) is 20.8 Å². The second-order valence-corrected chi connectivity index (χ2v) is 6.98. The van der Waals surface area contributed by atoms with Crippen molar-refractivity contribution >= 4 is 10.8 Å². The molecule has 0 spiro atoms. The van der Waals surface area contributed by atoms with Crippen LogP contribution < -0.4 is 4.57 Å². The monoisotopic (exact) mass is 340 g/mol. The number of nitrogens with zero attached hydrogens (tertiary/aromatic N) is 2. The molecule has 0 aliphatic rings. The quantitative estimate of drug-likeness (QED) is 0.451. The van der Waals surface area contributed by atoms with Gasteiger partial charge in [-0.15, -0.1) is 0 Å². The van der Waals surface area contributed by atoms with E-state index in [2.05, 4.69) is 62.2 Å². The Morgan fingerprint density at radius 1 is 0.962 bits per heavy atom. The first kappa shape index (κ1) is 15.3. The Labute approximate surface area is 156 Å². The maximum atomic E-state index is 8.50. The molecule has 2 aromatic heterocycles. The predicted molar refractivity (Wildman–Crippen MR) is 108 cm³/mol. The fourth-order valence-electron chi connectivity index (χ4n) is 3.63. The van der Waals surface area contributed by atoms with E-state index in [1.165, 1.54) is 22.3 Å². The zero-order valence-corrected chi connectivity index (χ0v) is 15.7. The van der Waals surface area contributed by atoms with Gasteiger partial charge in [-0.3, -0.25) is 4.98 Å². The third-order valence-corrected chi connectivity index (χ3v) is 5.12. The molecule has 26 heavy (non-hydrogen) atoms. The van der Waals surface area contributed by atoms with Crippen molar-refractivity contribution < 1.29 is 5.94 Å². The molecule has 0 saturated heterocycles. The summed E-state index contributed by atoms with van der Waals surface area (Å²) in [6.07, 6.45) is 4.16. The fraction of sp³-hybridized carbons (Fsp3) is 0.167. The topological polar surface area (TPSA) is 16.8 Å². The Morgan fingerprint density at radius 3 is 2.58 bits per heavy atom. The summed E-state index contributed by atoms with van der Waals surface area (Å²) in [5.41, 5.74) is 8.28. The van der Waals surface area contributed by atoms with Crippen LogP contribution in [0.1, 0.15) is 18.1 Å². The van der Waals surface area contributed by atoms with Crippen LogP contribution >= 0.6 is 0 Å². The van der Waals surface area contributed by atoms with Gasteiger partial charge >= 0.3 is 0 Å². The highest BCUT2D eigenvalue weighted by Crippen LogP contribution is 2.32. The third kappa shape index (κ3) is 2.78. The average molecular weight is 340 g/mol. The van der Waals surface area contributed by atoms with E-state index < -0.39 is 0 Å². The first-order chi connectivity index (χ1) is 13.0. The predicted octanol–water partition coefficient (Wildman–Crippen LogP) is 5.32. The normalized spacial score (nSPS) is 11.6. The lowest BCUT2D eigenvalue weighted by Gasteiger charge is -2.12. The van der Waals surface area contributed by atoms with Crippen molar-refractivity contribution in [2.24, 2.45) is 7.05 Å². The molecule has 2 aromatic carbocycles. The highest BCUT2D eigenvalue weighted by atomic mass is 14.9. The molecular formula is C24H23N2+. The maximum absolute atomic E-state index is 8.50. The minimum atomic E-state index is 0.499. The van der Waals surface area contributed by atoms with E-state index in [0.29, 0.717) is 6.17 Å². The van der Waals surface area contributed by atoms with Crippen LogP contribution in [0.5, 0.6) is 0 Å². The standard InChI is InChI=1S/C24H23N2/c1-16-12-17(2)18(3)23(13-16)24-22-8-7-19(21-6-5-10-25-15-21)14-20(22)9-11-26(24)4/h5-15H,1-4H3/q+1/i11D. The molecule has 4 aromatic rings. The first-order valence-electron chi connectivity index (χ1n) is 9.37. The lowest BCUT2D eigenvalue weighted by molar-refractivity contribution is -0.659. The second-order valence-electron chi connectivity index (χ2n) is 6.98. The van der Waals surface area contributed by atoms with E-state index in [4.69, 9.17) is 1.37 Å². The third-order valence-electron chi connectivity index (χ3n) is 5.12.